The zero-order valence-electron chi connectivity index (χ0n) is 12.6. The maximum absolute atomic E-state index is 6.13. The molecule has 0 fully saturated rings. The van der Waals surface area contributed by atoms with Gasteiger partial charge in [-0.2, -0.15) is 5.10 Å². The fraction of sp³-hybridized carbons (Fsp3) is 0.0588. The molecule has 7 heteroatoms. The molecule has 0 saturated carbocycles. The lowest BCUT2D eigenvalue weighted by Crippen LogP contribution is -1.97. The number of benzene rings is 2. The Morgan fingerprint density at radius 3 is 2.92 bits per heavy atom. The zero-order valence-corrected chi connectivity index (χ0v) is 14.2. The largest absolute Gasteiger partial charge is 0.489 e. The Morgan fingerprint density at radius 1 is 1.25 bits per heavy atom. The van der Waals surface area contributed by atoms with Crippen molar-refractivity contribution in [3.8, 4) is 5.75 Å². The van der Waals surface area contributed by atoms with Gasteiger partial charge < -0.3 is 10.5 Å². The molecule has 1 heterocycles. The Bertz CT molecular complexity index is 850. The summed E-state index contributed by atoms with van der Waals surface area (Å²) < 4.78 is 5.79. The number of aromatic nitrogens is 1. The van der Waals surface area contributed by atoms with Gasteiger partial charge in [0, 0.05) is 16.0 Å². The number of anilines is 2. The van der Waals surface area contributed by atoms with Crippen molar-refractivity contribution >= 4 is 40.1 Å². The van der Waals surface area contributed by atoms with Gasteiger partial charge in [0.2, 0.25) is 5.13 Å². The summed E-state index contributed by atoms with van der Waals surface area (Å²) >= 11 is 7.52. The van der Waals surface area contributed by atoms with E-state index in [1.54, 1.807) is 11.6 Å². The van der Waals surface area contributed by atoms with Crippen molar-refractivity contribution in [3.05, 3.63) is 70.1 Å². The molecule has 0 amide bonds. The second-order valence-electron chi connectivity index (χ2n) is 4.90. The van der Waals surface area contributed by atoms with Gasteiger partial charge in [-0.1, -0.05) is 41.9 Å². The molecule has 0 unspecified atom stereocenters. The number of nitrogens with zero attached hydrogens (tertiary/aromatic N) is 2. The Labute approximate surface area is 148 Å². The number of nitrogen functional groups attached to an aromatic ring is 1. The Kier molecular flexibility index (Phi) is 5.30. The van der Waals surface area contributed by atoms with Crippen LogP contribution in [0.4, 0.5) is 10.9 Å². The van der Waals surface area contributed by atoms with Crippen LogP contribution in [0, 0.1) is 0 Å². The molecule has 24 heavy (non-hydrogen) atoms. The Hall–Kier alpha value is -2.57. The van der Waals surface area contributed by atoms with E-state index in [1.807, 2.05) is 48.5 Å². The minimum atomic E-state index is 0.414. The number of thiazole rings is 1. The maximum atomic E-state index is 6.13. The van der Waals surface area contributed by atoms with Crippen molar-refractivity contribution < 1.29 is 4.74 Å². The van der Waals surface area contributed by atoms with Gasteiger partial charge in [0.1, 0.15) is 18.2 Å². The minimum Gasteiger partial charge on any atom is -0.489 e. The number of hydrazone groups is 1. The molecule has 122 valence electrons. The van der Waals surface area contributed by atoms with Crippen LogP contribution in [-0.2, 0) is 6.61 Å². The Morgan fingerprint density at radius 2 is 2.12 bits per heavy atom. The van der Waals surface area contributed by atoms with Gasteiger partial charge in [-0.25, -0.2) is 4.98 Å². The number of nitrogens with one attached hydrogen (secondary N) is 1. The van der Waals surface area contributed by atoms with Crippen molar-refractivity contribution in [1.29, 1.82) is 0 Å². The lowest BCUT2D eigenvalue weighted by atomic mass is 10.2. The first-order valence-electron chi connectivity index (χ1n) is 7.17. The normalized spacial score (nSPS) is 10.9. The van der Waals surface area contributed by atoms with E-state index in [9.17, 15) is 0 Å². The second-order valence-corrected chi connectivity index (χ2v) is 6.17. The molecule has 3 rings (SSSR count). The average molecular weight is 359 g/mol. The third-order valence-electron chi connectivity index (χ3n) is 3.11. The van der Waals surface area contributed by atoms with Gasteiger partial charge in [-0.15, -0.1) is 11.3 Å². The highest BCUT2D eigenvalue weighted by molar-refractivity contribution is 7.14. The third kappa shape index (κ3) is 4.47. The van der Waals surface area contributed by atoms with E-state index >= 15 is 0 Å². The molecule has 3 N–H and O–H groups in total. The van der Waals surface area contributed by atoms with E-state index in [-0.39, 0.29) is 0 Å². The first kappa shape index (κ1) is 16.3. The van der Waals surface area contributed by atoms with Gasteiger partial charge in [0.05, 0.1) is 6.21 Å². The van der Waals surface area contributed by atoms with Crippen LogP contribution in [0.2, 0.25) is 5.02 Å². The van der Waals surface area contributed by atoms with Crippen molar-refractivity contribution in [2.75, 3.05) is 11.2 Å². The summed E-state index contributed by atoms with van der Waals surface area (Å²) in [5, 5.41) is 7.23. The lowest BCUT2D eigenvalue weighted by Gasteiger charge is -2.08. The van der Waals surface area contributed by atoms with Crippen LogP contribution in [0.5, 0.6) is 5.75 Å². The van der Waals surface area contributed by atoms with Crippen molar-refractivity contribution in [2.45, 2.75) is 6.61 Å². The predicted molar refractivity (Wildman–Crippen MR) is 100.0 cm³/mol. The highest BCUT2D eigenvalue weighted by Gasteiger charge is 2.01. The molecule has 0 spiro atoms. The molecule has 0 aliphatic heterocycles. The number of nitrogens with two attached hydrogens (primary N) is 1. The van der Waals surface area contributed by atoms with Crippen LogP contribution in [0.1, 0.15) is 11.1 Å². The number of hydrogen-bond acceptors (Lipinski definition) is 6. The van der Waals surface area contributed by atoms with Gasteiger partial charge in [0.15, 0.2) is 0 Å². The molecule has 5 nitrogen and oxygen atoms in total. The van der Waals surface area contributed by atoms with E-state index in [2.05, 4.69) is 15.5 Å². The number of hydrogen-bond donors (Lipinski definition) is 2. The van der Waals surface area contributed by atoms with E-state index < -0.39 is 0 Å². The molecule has 3 aromatic rings. The summed E-state index contributed by atoms with van der Waals surface area (Å²) in [5.74, 6) is 1.23. The average Bonchev–Trinajstić information content (AvgIpc) is 3.00. The fourth-order valence-electron chi connectivity index (χ4n) is 1.96. The summed E-state index contributed by atoms with van der Waals surface area (Å²) in [4.78, 5) is 4.06. The van der Waals surface area contributed by atoms with Crippen LogP contribution >= 0.6 is 22.9 Å². The molecular weight excluding hydrogens is 344 g/mol. The van der Waals surface area contributed by atoms with Gasteiger partial charge in [-0.05, 0) is 23.8 Å². The topological polar surface area (TPSA) is 72.5 Å². The molecule has 0 aliphatic carbocycles. The standard InChI is InChI=1S/C17H15ClN4OS/c18-15-7-2-1-5-13(15)10-23-14-6-3-4-12(8-14)9-20-22-17-21-16(19)11-24-17/h1-9,11H,10,19H2,(H,21,22). The lowest BCUT2D eigenvalue weighted by molar-refractivity contribution is 0.306. The van der Waals surface area contributed by atoms with E-state index in [1.165, 1.54) is 11.3 Å². The highest BCUT2D eigenvalue weighted by Crippen LogP contribution is 2.19. The van der Waals surface area contributed by atoms with Crippen LogP contribution in [0.25, 0.3) is 0 Å². The van der Waals surface area contributed by atoms with E-state index in [4.69, 9.17) is 22.1 Å². The number of rotatable bonds is 6. The van der Waals surface area contributed by atoms with Gasteiger partial charge >= 0.3 is 0 Å². The third-order valence-corrected chi connectivity index (χ3v) is 4.24. The fourth-order valence-corrected chi connectivity index (χ4v) is 2.70. The highest BCUT2D eigenvalue weighted by atomic mass is 35.5. The second kappa shape index (κ2) is 7.81. The zero-order chi connectivity index (χ0) is 16.8. The van der Waals surface area contributed by atoms with E-state index in [0.29, 0.717) is 22.6 Å². The first-order chi connectivity index (χ1) is 11.7. The summed E-state index contributed by atoms with van der Waals surface area (Å²) in [6, 6.07) is 15.3. The SMILES string of the molecule is Nc1csc(NN=Cc2cccc(OCc3ccccc3Cl)c2)n1. The molecule has 1 aromatic heterocycles. The molecule has 0 saturated heterocycles. The first-order valence-corrected chi connectivity index (χ1v) is 8.43. The number of ether oxygens (including phenoxy) is 1. The van der Waals surface area contributed by atoms with Crippen LogP contribution in [-0.4, -0.2) is 11.2 Å². The molecule has 2 aromatic carbocycles. The van der Waals surface area contributed by atoms with Gasteiger partial charge in [-0.3, -0.25) is 5.43 Å². The smallest absolute Gasteiger partial charge is 0.205 e. The van der Waals surface area contributed by atoms with Crippen LogP contribution in [0.15, 0.2) is 59.0 Å². The molecule has 0 bridgehead atoms. The monoisotopic (exact) mass is 358 g/mol. The van der Waals surface area contributed by atoms with Crippen molar-refractivity contribution in [1.82, 2.24) is 4.98 Å². The minimum absolute atomic E-state index is 0.414. The van der Waals surface area contributed by atoms with E-state index in [0.717, 1.165) is 16.9 Å². The molecule has 0 atom stereocenters. The van der Waals surface area contributed by atoms with Crippen LogP contribution < -0.4 is 15.9 Å². The van der Waals surface area contributed by atoms with Crippen LogP contribution in [0.3, 0.4) is 0 Å². The summed E-state index contributed by atoms with van der Waals surface area (Å²) in [7, 11) is 0. The van der Waals surface area contributed by atoms with Crippen molar-refractivity contribution in [2.24, 2.45) is 5.10 Å². The van der Waals surface area contributed by atoms with Crippen molar-refractivity contribution in [3.63, 3.8) is 0 Å². The molecule has 0 radical (unpaired) electrons. The van der Waals surface area contributed by atoms with Gasteiger partial charge in [0.25, 0.3) is 0 Å². The summed E-state index contributed by atoms with van der Waals surface area (Å²) in [5.41, 5.74) is 10.2. The Balaban J connectivity index is 1.60. The molecular formula is C17H15ClN4OS. The maximum Gasteiger partial charge on any atom is 0.205 e. The molecule has 0 aliphatic rings. The summed E-state index contributed by atoms with van der Waals surface area (Å²) in [6.45, 7) is 0.414. The predicted octanol–water partition coefficient (Wildman–Crippen LogP) is 4.40. The number of halogens is 1. The quantitative estimate of drug-likeness (QED) is 0.506. The summed E-state index contributed by atoms with van der Waals surface area (Å²) in [6.07, 6.45) is 1.69.